The molecule has 17 heavy (non-hydrogen) atoms. The summed E-state index contributed by atoms with van der Waals surface area (Å²) in [5, 5.41) is 0. The smallest absolute Gasteiger partial charge is 0.398 e. The maximum Gasteiger partial charge on any atom is 0.418 e. The Morgan fingerprint density at radius 2 is 2.12 bits per heavy atom. The third-order valence-electron chi connectivity index (χ3n) is 3.03. The third-order valence-corrected chi connectivity index (χ3v) is 3.03. The second-order valence-corrected chi connectivity index (χ2v) is 4.31. The third kappa shape index (κ3) is 2.72. The number of alkyl halides is 3. The van der Waals surface area contributed by atoms with Crippen LogP contribution in [0, 0.1) is 5.92 Å². The monoisotopic (exact) mass is 245 g/mol. The number of halogens is 3. The van der Waals surface area contributed by atoms with Crippen molar-refractivity contribution in [2.75, 3.05) is 18.9 Å². The van der Waals surface area contributed by atoms with Crippen molar-refractivity contribution in [3.63, 3.8) is 0 Å². The molecule has 0 saturated carbocycles. The Morgan fingerprint density at radius 1 is 1.35 bits per heavy atom. The molecule has 5 heteroatoms. The van der Waals surface area contributed by atoms with Gasteiger partial charge in [-0.25, -0.2) is 0 Å². The summed E-state index contributed by atoms with van der Waals surface area (Å²) < 4.78 is 43.1. The molecule has 2 nitrogen and oxygen atoms in total. The van der Waals surface area contributed by atoms with Gasteiger partial charge in [-0.2, -0.15) is 13.2 Å². The molecule has 0 aromatic heterocycles. The van der Waals surface area contributed by atoms with E-state index in [4.69, 9.17) is 10.5 Å². The highest BCUT2D eigenvalue weighted by Crippen LogP contribution is 2.36. The number of hydrogen-bond donors (Lipinski definition) is 1. The number of hydrogen-bond acceptors (Lipinski definition) is 2. The molecule has 1 aromatic rings. The van der Waals surface area contributed by atoms with E-state index in [2.05, 4.69) is 0 Å². The molecule has 0 amide bonds. The average molecular weight is 245 g/mol. The standard InChI is InChI=1S/C12H14F3NO/c13-12(14,15)10-3-1-2-9(11(10)16)6-8-4-5-17-7-8/h1-3,8H,4-7,16H2. The SMILES string of the molecule is Nc1c(CC2CCOC2)cccc1C(F)(F)F. The van der Waals surface area contributed by atoms with E-state index in [0.717, 1.165) is 12.5 Å². The molecule has 1 unspecified atom stereocenters. The van der Waals surface area contributed by atoms with Gasteiger partial charge in [-0.3, -0.25) is 0 Å². The van der Waals surface area contributed by atoms with E-state index in [1.54, 1.807) is 6.07 Å². The van der Waals surface area contributed by atoms with E-state index in [0.29, 0.717) is 25.2 Å². The van der Waals surface area contributed by atoms with Crippen LogP contribution in [0.3, 0.4) is 0 Å². The molecule has 0 aliphatic carbocycles. The summed E-state index contributed by atoms with van der Waals surface area (Å²) >= 11 is 0. The summed E-state index contributed by atoms with van der Waals surface area (Å²) in [6, 6.07) is 4.08. The van der Waals surface area contributed by atoms with E-state index in [-0.39, 0.29) is 11.6 Å². The predicted octanol–water partition coefficient (Wildman–Crippen LogP) is 2.87. The molecule has 1 aliphatic rings. The molecule has 94 valence electrons. The molecule has 1 saturated heterocycles. The fourth-order valence-corrected chi connectivity index (χ4v) is 2.09. The normalized spacial score (nSPS) is 20.8. The van der Waals surface area contributed by atoms with Gasteiger partial charge in [-0.1, -0.05) is 12.1 Å². The van der Waals surface area contributed by atoms with E-state index >= 15 is 0 Å². The average Bonchev–Trinajstić information content (AvgIpc) is 2.72. The minimum absolute atomic E-state index is 0.146. The lowest BCUT2D eigenvalue weighted by molar-refractivity contribution is -0.136. The molecule has 1 atom stereocenters. The summed E-state index contributed by atoms with van der Waals surface area (Å²) in [5.74, 6) is 0.279. The Morgan fingerprint density at radius 3 is 2.71 bits per heavy atom. The van der Waals surface area contributed by atoms with Crippen LogP contribution in [-0.2, 0) is 17.3 Å². The zero-order valence-electron chi connectivity index (χ0n) is 9.26. The molecule has 1 aromatic carbocycles. The van der Waals surface area contributed by atoms with Crippen molar-refractivity contribution in [2.24, 2.45) is 5.92 Å². The zero-order chi connectivity index (χ0) is 12.5. The van der Waals surface area contributed by atoms with E-state index in [1.165, 1.54) is 6.07 Å². The fourth-order valence-electron chi connectivity index (χ4n) is 2.09. The van der Waals surface area contributed by atoms with E-state index in [1.807, 2.05) is 0 Å². The molecule has 1 aliphatic heterocycles. The molecule has 2 rings (SSSR count). The maximum absolute atomic E-state index is 12.6. The van der Waals surface area contributed by atoms with Crippen LogP contribution in [0.2, 0.25) is 0 Å². The maximum atomic E-state index is 12.6. The van der Waals surface area contributed by atoms with Crippen LogP contribution in [0.4, 0.5) is 18.9 Å². The van der Waals surface area contributed by atoms with Gasteiger partial charge in [-0.15, -0.1) is 0 Å². The van der Waals surface area contributed by atoms with Crippen LogP contribution in [0.15, 0.2) is 18.2 Å². The Bertz CT molecular complexity index is 397. The number of para-hydroxylation sites is 1. The van der Waals surface area contributed by atoms with Gasteiger partial charge in [0.25, 0.3) is 0 Å². The molecule has 1 fully saturated rings. The topological polar surface area (TPSA) is 35.2 Å². The Kier molecular flexibility index (Phi) is 3.28. The van der Waals surface area contributed by atoms with Gasteiger partial charge >= 0.3 is 6.18 Å². The van der Waals surface area contributed by atoms with Crippen molar-refractivity contribution in [3.8, 4) is 0 Å². The van der Waals surface area contributed by atoms with Gasteiger partial charge in [0.1, 0.15) is 0 Å². The van der Waals surface area contributed by atoms with Crippen molar-refractivity contribution < 1.29 is 17.9 Å². The molecular formula is C12H14F3NO. The van der Waals surface area contributed by atoms with Gasteiger partial charge < -0.3 is 10.5 Å². The second kappa shape index (κ2) is 4.56. The van der Waals surface area contributed by atoms with Gasteiger partial charge in [-0.05, 0) is 30.4 Å². The molecule has 1 heterocycles. The minimum atomic E-state index is -4.38. The number of nitrogen functional groups attached to an aromatic ring is 1. The molecular weight excluding hydrogens is 231 g/mol. The van der Waals surface area contributed by atoms with E-state index < -0.39 is 11.7 Å². The van der Waals surface area contributed by atoms with Crippen LogP contribution in [0.1, 0.15) is 17.5 Å². The summed E-state index contributed by atoms with van der Waals surface area (Å²) in [4.78, 5) is 0. The highest BCUT2D eigenvalue weighted by molar-refractivity contribution is 5.55. The van der Waals surface area contributed by atoms with Crippen LogP contribution in [-0.4, -0.2) is 13.2 Å². The van der Waals surface area contributed by atoms with Crippen molar-refractivity contribution >= 4 is 5.69 Å². The number of nitrogens with two attached hydrogens (primary N) is 1. The summed E-state index contributed by atoms with van der Waals surface area (Å²) in [5.41, 5.74) is 5.26. The Labute approximate surface area is 97.6 Å². The predicted molar refractivity (Wildman–Crippen MR) is 58.5 cm³/mol. The number of benzene rings is 1. The molecule has 0 bridgehead atoms. The van der Waals surface area contributed by atoms with Crippen molar-refractivity contribution in [1.82, 2.24) is 0 Å². The Balaban J connectivity index is 2.22. The summed E-state index contributed by atoms with van der Waals surface area (Å²) in [7, 11) is 0. The van der Waals surface area contributed by atoms with Crippen LogP contribution in [0.5, 0.6) is 0 Å². The zero-order valence-corrected chi connectivity index (χ0v) is 9.26. The number of anilines is 1. The van der Waals surface area contributed by atoms with Gasteiger partial charge in [0.2, 0.25) is 0 Å². The first-order chi connectivity index (χ1) is 7.98. The highest BCUT2D eigenvalue weighted by atomic mass is 19.4. The van der Waals surface area contributed by atoms with Gasteiger partial charge in [0.05, 0.1) is 5.56 Å². The number of rotatable bonds is 2. The van der Waals surface area contributed by atoms with Gasteiger partial charge in [0, 0.05) is 18.9 Å². The largest absolute Gasteiger partial charge is 0.418 e. The Hall–Kier alpha value is -1.23. The first-order valence-electron chi connectivity index (χ1n) is 5.51. The van der Waals surface area contributed by atoms with Crippen molar-refractivity contribution in [1.29, 1.82) is 0 Å². The number of ether oxygens (including phenoxy) is 1. The van der Waals surface area contributed by atoms with Crippen molar-refractivity contribution in [2.45, 2.75) is 19.0 Å². The van der Waals surface area contributed by atoms with Crippen LogP contribution < -0.4 is 5.73 Å². The summed E-state index contributed by atoms with van der Waals surface area (Å²) in [6.45, 7) is 1.29. The van der Waals surface area contributed by atoms with E-state index in [9.17, 15) is 13.2 Å². The first kappa shape index (κ1) is 12.2. The molecule has 2 N–H and O–H groups in total. The quantitative estimate of drug-likeness (QED) is 0.813. The lowest BCUT2D eigenvalue weighted by Gasteiger charge is -2.15. The lowest BCUT2D eigenvalue weighted by atomic mass is 9.95. The minimum Gasteiger partial charge on any atom is -0.398 e. The van der Waals surface area contributed by atoms with Crippen molar-refractivity contribution in [3.05, 3.63) is 29.3 Å². The second-order valence-electron chi connectivity index (χ2n) is 4.31. The molecule has 0 radical (unpaired) electrons. The lowest BCUT2D eigenvalue weighted by Crippen LogP contribution is -2.13. The van der Waals surface area contributed by atoms with Gasteiger partial charge in [0.15, 0.2) is 0 Å². The van der Waals surface area contributed by atoms with Crippen LogP contribution in [0.25, 0.3) is 0 Å². The summed E-state index contributed by atoms with van der Waals surface area (Å²) in [6.07, 6.45) is -2.95. The van der Waals surface area contributed by atoms with Crippen LogP contribution >= 0.6 is 0 Å². The fraction of sp³-hybridized carbons (Fsp3) is 0.500. The highest BCUT2D eigenvalue weighted by Gasteiger charge is 2.33. The molecule has 0 spiro atoms. The first-order valence-corrected chi connectivity index (χ1v) is 5.51.